The fraction of sp³-hybridized carbons (Fsp3) is 0.417. The number of oxime groups is 1. The van der Waals surface area contributed by atoms with Gasteiger partial charge in [0.2, 0.25) is 0 Å². The molecule has 2 bridgehead atoms. The number of halogens is 4. The number of ether oxygens (including phenoxy) is 1. The SMILES string of the molecule is CC1=NOC2C3OC(c4c(F)c(F)c(F)c(F)c43)C12. The normalized spacial score (nSPS) is 34.1. The molecule has 0 aliphatic carbocycles. The van der Waals surface area contributed by atoms with E-state index in [1.54, 1.807) is 6.92 Å². The topological polar surface area (TPSA) is 30.8 Å². The lowest BCUT2D eigenvalue weighted by Crippen LogP contribution is -2.30. The van der Waals surface area contributed by atoms with Crippen molar-refractivity contribution in [1.82, 2.24) is 0 Å². The molecule has 3 heterocycles. The van der Waals surface area contributed by atoms with Crippen LogP contribution in [0, 0.1) is 29.2 Å². The van der Waals surface area contributed by atoms with Crippen molar-refractivity contribution in [3.63, 3.8) is 0 Å². The average Bonchev–Trinajstić information content (AvgIpc) is 3.04. The number of hydrogen-bond donors (Lipinski definition) is 0. The van der Waals surface area contributed by atoms with Crippen molar-refractivity contribution < 1.29 is 27.1 Å². The van der Waals surface area contributed by atoms with Gasteiger partial charge in [-0.2, -0.15) is 0 Å². The van der Waals surface area contributed by atoms with Gasteiger partial charge in [0.1, 0.15) is 6.10 Å². The second kappa shape index (κ2) is 3.27. The number of benzene rings is 1. The minimum Gasteiger partial charge on any atom is -0.389 e. The first kappa shape index (κ1) is 11.2. The fourth-order valence-corrected chi connectivity index (χ4v) is 3.16. The Bertz CT molecular complexity index is 645. The Morgan fingerprint density at radius 1 is 0.895 bits per heavy atom. The molecule has 1 aromatic rings. The number of rotatable bonds is 0. The molecule has 0 spiro atoms. The van der Waals surface area contributed by atoms with Crippen molar-refractivity contribution in [3.05, 3.63) is 34.4 Å². The largest absolute Gasteiger partial charge is 0.389 e. The van der Waals surface area contributed by atoms with E-state index >= 15 is 0 Å². The molecule has 4 unspecified atom stereocenters. The summed E-state index contributed by atoms with van der Waals surface area (Å²) in [5, 5.41) is 3.75. The summed E-state index contributed by atoms with van der Waals surface area (Å²) in [4.78, 5) is 5.10. The van der Waals surface area contributed by atoms with E-state index in [9.17, 15) is 17.6 Å². The first-order chi connectivity index (χ1) is 9.02. The summed E-state index contributed by atoms with van der Waals surface area (Å²) < 4.78 is 59.7. The first-order valence-electron chi connectivity index (χ1n) is 5.74. The van der Waals surface area contributed by atoms with Gasteiger partial charge in [-0.15, -0.1) is 0 Å². The summed E-state index contributed by atoms with van der Waals surface area (Å²) >= 11 is 0. The van der Waals surface area contributed by atoms with Crippen molar-refractivity contribution in [1.29, 1.82) is 0 Å². The van der Waals surface area contributed by atoms with E-state index in [1.807, 2.05) is 0 Å². The van der Waals surface area contributed by atoms with Gasteiger partial charge in [0.15, 0.2) is 29.4 Å². The molecule has 1 aromatic carbocycles. The molecular formula is C12H7F4NO2. The average molecular weight is 273 g/mol. The monoisotopic (exact) mass is 273 g/mol. The lowest BCUT2D eigenvalue weighted by molar-refractivity contribution is -0.00730. The van der Waals surface area contributed by atoms with E-state index < -0.39 is 41.6 Å². The Balaban J connectivity index is 1.98. The van der Waals surface area contributed by atoms with Crippen molar-refractivity contribution >= 4 is 5.71 Å². The molecule has 19 heavy (non-hydrogen) atoms. The molecule has 3 nitrogen and oxygen atoms in total. The first-order valence-corrected chi connectivity index (χ1v) is 5.74. The van der Waals surface area contributed by atoms with Gasteiger partial charge in [-0.05, 0) is 6.92 Å². The summed E-state index contributed by atoms with van der Waals surface area (Å²) in [5.74, 6) is -6.80. The van der Waals surface area contributed by atoms with Gasteiger partial charge >= 0.3 is 0 Å². The molecule has 100 valence electrons. The maximum Gasteiger partial charge on any atom is 0.197 e. The highest BCUT2D eigenvalue weighted by Gasteiger charge is 2.60. The predicted octanol–water partition coefficient (Wildman–Crippen LogP) is 2.76. The molecule has 0 amide bonds. The van der Waals surface area contributed by atoms with E-state index in [2.05, 4.69) is 5.16 Å². The quantitative estimate of drug-likeness (QED) is 0.413. The minimum atomic E-state index is -1.82. The van der Waals surface area contributed by atoms with Gasteiger partial charge in [0.05, 0.1) is 17.7 Å². The molecule has 0 saturated carbocycles. The fourth-order valence-electron chi connectivity index (χ4n) is 3.16. The number of fused-ring (bicyclic) bond motifs is 8. The van der Waals surface area contributed by atoms with Crippen LogP contribution in [0.3, 0.4) is 0 Å². The lowest BCUT2D eigenvalue weighted by atomic mass is 9.79. The molecule has 3 aliphatic heterocycles. The predicted molar refractivity (Wildman–Crippen MR) is 54.3 cm³/mol. The highest BCUT2D eigenvalue weighted by atomic mass is 19.2. The molecule has 4 rings (SSSR count). The summed E-state index contributed by atoms with van der Waals surface area (Å²) in [6, 6.07) is 0. The molecule has 0 aromatic heterocycles. The zero-order chi connectivity index (χ0) is 13.5. The third-order valence-corrected chi connectivity index (χ3v) is 3.98. The van der Waals surface area contributed by atoms with Crippen molar-refractivity contribution in [2.45, 2.75) is 25.2 Å². The smallest absolute Gasteiger partial charge is 0.197 e. The van der Waals surface area contributed by atoms with Gasteiger partial charge in [-0.25, -0.2) is 17.6 Å². The van der Waals surface area contributed by atoms with Gasteiger partial charge in [0, 0.05) is 11.1 Å². The molecule has 7 heteroatoms. The summed E-state index contributed by atoms with van der Waals surface area (Å²) in [5.41, 5.74) is 0.0444. The Morgan fingerprint density at radius 3 is 2.11 bits per heavy atom. The maximum absolute atomic E-state index is 13.8. The third-order valence-electron chi connectivity index (χ3n) is 3.98. The van der Waals surface area contributed by atoms with Gasteiger partial charge in [-0.3, -0.25) is 0 Å². The van der Waals surface area contributed by atoms with Crippen LogP contribution in [0.1, 0.15) is 30.3 Å². The van der Waals surface area contributed by atoms with Gasteiger partial charge < -0.3 is 9.57 Å². The molecule has 0 radical (unpaired) electrons. The van der Waals surface area contributed by atoms with E-state index in [1.165, 1.54) is 0 Å². The standard InChI is InChI=1S/C12H7F4NO2/c1-2-3-10-4-5(11(18-10)12(3)19-17-2)7(14)9(16)8(15)6(4)13/h3,10-12H,1H3. The minimum absolute atomic E-state index is 0.247. The Morgan fingerprint density at radius 2 is 1.47 bits per heavy atom. The Labute approximate surface area is 104 Å². The highest BCUT2D eigenvalue weighted by molar-refractivity contribution is 5.87. The van der Waals surface area contributed by atoms with Crippen LogP contribution in [0.25, 0.3) is 0 Å². The molecule has 1 fully saturated rings. The van der Waals surface area contributed by atoms with Crippen LogP contribution in [0.15, 0.2) is 5.16 Å². The van der Waals surface area contributed by atoms with Crippen LogP contribution in [0.5, 0.6) is 0 Å². The Kier molecular flexibility index (Phi) is 1.93. The van der Waals surface area contributed by atoms with Crippen LogP contribution in [-0.4, -0.2) is 11.8 Å². The van der Waals surface area contributed by atoms with Crippen LogP contribution in [-0.2, 0) is 9.57 Å². The molecule has 0 N–H and O–H groups in total. The zero-order valence-corrected chi connectivity index (χ0v) is 9.58. The lowest BCUT2D eigenvalue weighted by Gasteiger charge is -2.22. The van der Waals surface area contributed by atoms with E-state index in [4.69, 9.17) is 9.57 Å². The summed E-state index contributed by atoms with van der Waals surface area (Å²) in [6.45, 7) is 1.67. The third kappa shape index (κ3) is 1.10. The van der Waals surface area contributed by atoms with E-state index in [-0.39, 0.29) is 17.0 Å². The van der Waals surface area contributed by atoms with Crippen LogP contribution >= 0.6 is 0 Å². The molecule has 1 saturated heterocycles. The number of nitrogens with zero attached hydrogens (tertiary/aromatic N) is 1. The molecule has 3 aliphatic rings. The van der Waals surface area contributed by atoms with Crippen LogP contribution in [0.4, 0.5) is 17.6 Å². The van der Waals surface area contributed by atoms with E-state index in [0.717, 1.165) is 0 Å². The Hall–Kier alpha value is -1.63. The summed E-state index contributed by atoms with van der Waals surface area (Å²) in [7, 11) is 0. The van der Waals surface area contributed by atoms with Gasteiger partial charge in [-0.1, -0.05) is 5.16 Å². The van der Waals surface area contributed by atoms with Crippen molar-refractivity contribution in [3.8, 4) is 0 Å². The van der Waals surface area contributed by atoms with Crippen LogP contribution < -0.4 is 0 Å². The highest BCUT2D eigenvalue weighted by Crippen LogP contribution is 2.58. The van der Waals surface area contributed by atoms with Gasteiger partial charge in [0.25, 0.3) is 0 Å². The van der Waals surface area contributed by atoms with E-state index in [0.29, 0.717) is 5.71 Å². The summed E-state index contributed by atoms with van der Waals surface area (Å²) in [6.07, 6.45) is -2.42. The molecular weight excluding hydrogens is 266 g/mol. The molecule has 4 atom stereocenters. The maximum atomic E-state index is 13.8. The second-order valence-electron chi connectivity index (χ2n) is 4.89. The zero-order valence-electron chi connectivity index (χ0n) is 9.58. The number of hydrogen-bond acceptors (Lipinski definition) is 3. The second-order valence-corrected chi connectivity index (χ2v) is 4.89. The van der Waals surface area contributed by atoms with Crippen molar-refractivity contribution in [2.75, 3.05) is 0 Å². The van der Waals surface area contributed by atoms with Crippen LogP contribution in [0.2, 0.25) is 0 Å². The van der Waals surface area contributed by atoms with Crippen molar-refractivity contribution in [2.24, 2.45) is 11.1 Å².